The van der Waals surface area contributed by atoms with E-state index in [4.69, 9.17) is 30.5 Å². The number of rotatable bonds is 7. The van der Waals surface area contributed by atoms with Crippen LogP contribution in [0.25, 0.3) is 0 Å². The van der Waals surface area contributed by atoms with Crippen LogP contribution in [0.3, 0.4) is 0 Å². The van der Waals surface area contributed by atoms with Crippen molar-refractivity contribution in [1.82, 2.24) is 0 Å². The van der Waals surface area contributed by atoms with Crippen molar-refractivity contribution < 1.29 is 28.5 Å². The van der Waals surface area contributed by atoms with Gasteiger partial charge in [0.15, 0.2) is 18.1 Å². The first kappa shape index (κ1) is 19.4. The Balaban J connectivity index is 1.99. The van der Waals surface area contributed by atoms with Gasteiger partial charge in [0.25, 0.3) is 5.91 Å². The van der Waals surface area contributed by atoms with Crippen molar-refractivity contribution >= 4 is 29.2 Å². The van der Waals surface area contributed by atoms with E-state index in [0.717, 1.165) is 0 Å². The van der Waals surface area contributed by atoms with Crippen LogP contribution < -0.4 is 19.5 Å². The first-order chi connectivity index (χ1) is 12.5. The largest absolute Gasteiger partial charge is 0.495 e. The molecule has 0 fully saturated rings. The summed E-state index contributed by atoms with van der Waals surface area (Å²) in [5.41, 5.74) is 0.614. The Bertz CT molecular complexity index is 808. The molecular weight excluding hydrogens is 362 g/mol. The van der Waals surface area contributed by atoms with Crippen molar-refractivity contribution in [3.05, 3.63) is 47.0 Å². The van der Waals surface area contributed by atoms with Gasteiger partial charge in [-0.2, -0.15) is 0 Å². The van der Waals surface area contributed by atoms with E-state index in [1.54, 1.807) is 18.2 Å². The fourth-order valence-corrected chi connectivity index (χ4v) is 2.31. The smallest absolute Gasteiger partial charge is 0.338 e. The van der Waals surface area contributed by atoms with Crippen molar-refractivity contribution in [2.24, 2.45) is 0 Å². The molecule has 0 radical (unpaired) electrons. The number of hydrogen-bond donors (Lipinski definition) is 1. The quantitative estimate of drug-likeness (QED) is 0.744. The van der Waals surface area contributed by atoms with Gasteiger partial charge < -0.3 is 24.3 Å². The van der Waals surface area contributed by atoms with Gasteiger partial charge in [-0.25, -0.2) is 4.79 Å². The second-order valence-corrected chi connectivity index (χ2v) is 5.48. The third-order valence-corrected chi connectivity index (χ3v) is 3.62. The summed E-state index contributed by atoms with van der Waals surface area (Å²) in [6.07, 6.45) is 0. The minimum Gasteiger partial charge on any atom is -0.495 e. The van der Waals surface area contributed by atoms with E-state index in [9.17, 15) is 9.59 Å². The maximum Gasteiger partial charge on any atom is 0.338 e. The predicted molar refractivity (Wildman–Crippen MR) is 96.5 cm³/mol. The first-order valence-electron chi connectivity index (χ1n) is 7.51. The summed E-state index contributed by atoms with van der Waals surface area (Å²) >= 11 is 5.90. The molecule has 2 rings (SSSR count). The molecule has 2 aromatic carbocycles. The average molecular weight is 380 g/mol. The fourth-order valence-electron chi connectivity index (χ4n) is 2.14. The zero-order valence-corrected chi connectivity index (χ0v) is 15.3. The number of esters is 1. The summed E-state index contributed by atoms with van der Waals surface area (Å²) in [5, 5.41) is 3.01. The summed E-state index contributed by atoms with van der Waals surface area (Å²) in [6, 6.07) is 9.35. The van der Waals surface area contributed by atoms with Crippen molar-refractivity contribution in [2.75, 3.05) is 33.3 Å². The van der Waals surface area contributed by atoms with Crippen LogP contribution in [0.5, 0.6) is 17.2 Å². The zero-order valence-electron chi connectivity index (χ0n) is 14.5. The summed E-state index contributed by atoms with van der Waals surface area (Å²) in [4.78, 5) is 24.1. The lowest BCUT2D eigenvalue weighted by atomic mass is 10.2. The summed E-state index contributed by atoms with van der Waals surface area (Å²) < 4.78 is 20.4. The van der Waals surface area contributed by atoms with Crippen molar-refractivity contribution in [3.63, 3.8) is 0 Å². The Labute approximate surface area is 155 Å². The second-order valence-electron chi connectivity index (χ2n) is 5.04. The molecule has 0 aliphatic carbocycles. The van der Waals surface area contributed by atoms with Gasteiger partial charge in [-0.15, -0.1) is 0 Å². The number of carbonyl (C=O) groups excluding carboxylic acids is 2. The molecule has 0 saturated carbocycles. The van der Waals surface area contributed by atoms with Crippen LogP contribution in [-0.2, 0) is 9.53 Å². The number of nitrogens with one attached hydrogen (secondary N) is 1. The van der Waals surface area contributed by atoms with Crippen LogP contribution in [0.2, 0.25) is 5.02 Å². The van der Waals surface area contributed by atoms with Crippen molar-refractivity contribution in [3.8, 4) is 17.2 Å². The fraction of sp³-hybridized carbons (Fsp3) is 0.222. The lowest BCUT2D eigenvalue weighted by Crippen LogP contribution is -2.21. The molecule has 26 heavy (non-hydrogen) atoms. The Morgan fingerprint density at radius 3 is 2.23 bits per heavy atom. The summed E-state index contributed by atoms with van der Waals surface area (Å²) in [5.74, 6) is 0.109. The normalized spacial score (nSPS) is 10.0. The van der Waals surface area contributed by atoms with Crippen LogP contribution in [0.1, 0.15) is 10.4 Å². The molecule has 1 amide bonds. The zero-order chi connectivity index (χ0) is 19.1. The van der Waals surface area contributed by atoms with Crippen LogP contribution in [-0.4, -0.2) is 39.8 Å². The van der Waals surface area contributed by atoms with Crippen LogP contribution in [0.4, 0.5) is 5.69 Å². The predicted octanol–water partition coefficient (Wildman–Crippen LogP) is 3.16. The second kappa shape index (κ2) is 8.96. The van der Waals surface area contributed by atoms with Gasteiger partial charge in [0.1, 0.15) is 5.75 Å². The van der Waals surface area contributed by atoms with E-state index < -0.39 is 18.5 Å². The third kappa shape index (κ3) is 4.80. The van der Waals surface area contributed by atoms with Gasteiger partial charge in [0, 0.05) is 5.02 Å². The number of amides is 1. The number of ether oxygens (including phenoxy) is 4. The molecule has 7 nitrogen and oxygen atoms in total. The Morgan fingerprint density at radius 2 is 1.58 bits per heavy atom. The number of anilines is 1. The van der Waals surface area contributed by atoms with Gasteiger partial charge in [0.05, 0.1) is 32.6 Å². The molecule has 0 unspecified atom stereocenters. The van der Waals surface area contributed by atoms with Crippen molar-refractivity contribution in [1.29, 1.82) is 0 Å². The molecule has 0 aromatic heterocycles. The molecule has 0 atom stereocenters. The molecule has 2 aromatic rings. The monoisotopic (exact) mass is 379 g/mol. The molecule has 0 heterocycles. The van der Waals surface area contributed by atoms with Gasteiger partial charge in [-0.05, 0) is 36.4 Å². The Hall–Kier alpha value is -2.93. The molecule has 0 aliphatic rings. The number of methoxy groups -OCH3 is 3. The topological polar surface area (TPSA) is 83.1 Å². The number of carbonyl (C=O) groups is 2. The van der Waals surface area contributed by atoms with E-state index in [2.05, 4.69) is 5.32 Å². The minimum atomic E-state index is -0.667. The average Bonchev–Trinajstić information content (AvgIpc) is 2.65. The van der Waals surface area contributed by atoms with E-state index >= 15 is 0 Å². The highest BCUT2D eigenvalue weighted by Gasteiger charge is 2.15. The molecular formula is C18H18ClNO6. The van der Waals surface area contributed by atoms with Crippen LogP contribution in [0.15, 0.2) is 36.4 Å². The summed E-state index contributed by atoms with van der Waals surface area (Å²) in [6.45, 7) is -0.469. The Kier molecular flexibility index (Phi) is 6.68. The van der Waals surface area contributed by atoms with E-state index in [1.165, 1.54) is 39.5 Å². The minimum absolute atomic E-state index is 0.232. The standard InChI is InChI=1S/C18H18ClNO6/c1-23-14-7-5-12(19)9-13(14)20-17(21)10-26-18(22)11-4-6-15(24-2)16(8-11)25-3/h4-9H,10H2,1-3H3,(H,20,21). The maximum atomic E-state index is 12.1. The van der Waals surface area contributed by atoms with Gasteiger partial charge in [-0.1, -0.05) is 11.6 Å². The van der Waals surface area contributed by atoms with Crippen LogP contribution >= 0.6 is 11.6 Å². The molecule has 8 heteroatoms. The SMILES string of the molecule is COc1ccc(Cl)cc1NC(=O)COC(=O)c1ccc(OC)c(OC)c1. The van der Waals surface area contributed by atoms with Crippen molar-refractivity contribution in [2.45, 2.75) is 0 Å². The highest BCUT2D eigenvalue weighted by atomic mass is 35.5. The van der Waals surface area contributed by atoms with E-state index in [0.29, 0.717) is 28.0 Å². The molecule has 0 saturated heterocycles. The van der Waals surface area contributed by atoms with Crippen LogP contribution in [0, 0.1) is 0 Å². The molecule has 1 N–H and O–H groups in total. The Morgan fingerprint density at radius 1 is 0.923 bits per heavy atom. The third-order valence-electron chi connectivity index (χ3n) is 3.39. The van der Waals surface area contributed by atoms with E-state index in [-0.39, 0.29) is 5.56 Å². The van der Waals surface area contributed by atoms with E-state index in [1.807, 2.05) is 0 Å². The molecule has 0 bridgehead atoms. The van der Waals surface area contributed by atoms with Gasteiger partial charge in [-0.3, -0.25) is 4.79 Å². The first-order valence-corrected chi connectivity index (χ1v) is 7.88. The van der Waals surface area contributed by atoms with Gasteiger partial charge >= 0.3 is 5.97 Å². The maximum absolute atomic E-state index is 12.1. The summed E-state index contributed by atoms with van der Waals surface area (Å²) in [7, 11) is 4.42. The highest BCUT2D eigenvalue weighted by molar-refractivity contribution is 6.31. The highest BCUT2D eigenvalue weighted by Crippen LogP contribution is 2.28. The lowest BCUT2D eigenvalue weighted by Gasteiger charge is -2.11. The molecule has 0 aliphatic heterocycles. The number of hydrogen-bond acceptors (Lipinski definition) is 6. The number of halogens is 1. The molecule has 138 valence electrons. The molecule has 0 spiro atoms. The van der Waals surface area contributed by atoms with Gasteiger partial charge in [0.2, 0.25) is 0 Å². The number of benzene rings is 2. The lowest BCUT2D eigenvalue weighted by molar-refractivity contribution is -0.119.